The van der Waals surface area contributed by atoms with Gasteiger partial charge in [-0.15, -0.1) is 0 Å². The van der Waals surface area contributed by atoms with Crippen LogP contribution in [0.15, 0.2) is 142 Å². The summed E-state index contributed by atoms with van der Waals surface area (Å²) in [5.41, 5.74) is 4.37. The van der Waals surface area contributed by atoms with Gasteiger partial charge in [-0.3, -0.25) is 20.0 Å². The second kappa shape index (κ2) is 37.5. The Labute approximate surface area is 490 Å². The number of rotatable bonds is 30. The van der Waals surface area contributed by atoms with Gasteiger partial charge in [-0.05, 0) is 72.2 Å². The summed E-state index contributed by atoms with van der Waals surface area (Å²) in [5, 5.41) is 27.5. The van der Waals surface area contributed by atoms with Crippen LogP contribution >= 0.6 is 0 Å². The molecule has 0 aliphatic heterocycles. The summed E-state index contributed by atoms with van der Waals surface area (Å²) >= 11 is 0. The zero-order valence-electron chi connectivity index (χ0n) is 47.1. The summed E-state index contributed by atoms with van der Waals surface area (Å²) in [6, 6.07) is 41.3. The molecule has 0 amide bonds. The van der Waals surface area contributed by atoms with Crippen LogP contribution in [0.1, 0.15) is 105 Å². The predicted molar refractivity (Wildman–Crippen MR) is 317 cm³/mol. The number of benzene rings is 4. The number of ether oxygens (including phenoxy) is 4. The van der Waals surface area contributed by atoms with E-state index in [1.165, 1.54) is 51.4 Å². The minimum Gasteiger partial charge on any atom is -0.377 e. The average Bonchev–Trinajstić information content (AvgIpc) is 4.29. The Kier molecular flexibility index (Phi) is 31.0. The molecule has 0 bridgehead atoms. The van der Waals surface area contributed by atoms with E-state index in [9.17, 15) is 0 Å². The fraction of sp³-hybridized carbons (Fsp3) is 0.500. The Morgan fingerprint density at radius 1 is 0.346 bits per heavy atom. The molecule has 14 heteroatoms. The molecule has 4 unspecified atom stereocenters. The first-order chi connectivity index (χ1) is 37.3. The molecule has 4 saturated carbocycles. The molecular weight excluding hydrogens is 1060 g/mol. The van der Waals surface area contributed by atoms with Crippen molar-refractivity contribution in [2.24, 2.45) is 44.1 Å². The SMILES string of the molecule is C[C-]1CCC(C=NN(CCOCCOCCN(N=CC2CC[C-](C)C2)c2ccccc2)c2ccccc2)C1.C[C-]1CCC(C=NN(CCOCCOCCN(N=CC2CC[C-](C)C2)c2ccccc2)c2ccccc2)C1.[Fe+2].[Fe+2]. The molecule has 4 aromatic carbocycles. The maximum atomic E-state index is 5.90. The van der Waals surface area contributed by atoms with Crippen LogP contribution in [0.2, 0.25) is 0 Å². The van der Waals surface area contributed by atoms with Gasteiger partial charge >= 0.3 is 34.1 Å². The fourth-order valence-electron chi connectivity index (χ4n) is 10.2. The number of anilines is 4. The second-order valence-electron chi connectivity index (χ2n) is 21.2. The van der Waals surface area contributed by atoms with Crippen LogP contribution in [-0.4, -0.2) is 104 Å². The smallest absolute Gasteiger partial charge is 0.377 e. The quantitative estimate of drug-likeness (QED) is 0.0167. The van der Waals surface area contributed by atoms with Crippen molar-refractivity contribution in [2.45, 2.75) is 105 Å². The monoisotopic (exact) mass is 1140 g/mol. The van der Waals surface area contributed by atoms with E-state index in [1.54, 1.807) is 23.7 Å². The molecule has 4 aliphatic carbocycles. The predicted octanol–water partition coefficient (Wildman–Crippen LogP) is 13.6. The van der Waals surface area contributed by atoms with E-state index in [2.05, 4.69) is 150 Å². The molecular formula is C64H88Fe2N8O4. The van der Waals surface area contributed by atoms with Crippen molar-refractivity contribution in [2.75, 3.05) is 99.1 Å². The van der Waals surface area contributed by atoms with Crippen LogP contribution in [0.3, 0.4) is 0 Å². The normalized spacial score (nSPS) is 20.2. The molecule has 0 aromatic heterocycles. The Morgan fingerprint density at radius 2 is 0.551 bits per heavy atom. The molecule has 0 radical (unpaired) electrons. The number of hydrogen-bond donors (Lipinski definition) is 0. The molecule has 0 saturated heterocycles. The summed E-state index contributed by atoms with van der Waals surface area (Å²) in [4.78, 5) is 0. The summed E-state index contributed by atoms with van der Waals surface area (Å²) < 4.78 is 23.6. The molecule has 424 valence electrons. The third kappa shape index (κ3) is 24.2. The van der Waals surface area contributed by atoms with E-state index < -0.39 is 0 Å². The van der Waals surface area contributed by atoms with Crippen molar-refractivity contribution in [1.82, 2.24) is 0 Å². The first-order valence-electron chi connectivity index (χ1n) is 28.4. The molecule has 8 rings (SSSR count). The number of hydrazone groups is 4. The van der Waals surface area contributed by atoms with E-state index >= 15 is 0 Å². The molecule has 4 atom stereocenters. The molecule has 0 heterocycles. The van der Waals surface area contributed by atoms with Gasteiger partial charge in [0.2, 0.25) is 0 Å². The third-order valence-corrected chi connectivity index (χ3v) is 14.6. The van der Waals surface area contributed by atoms with Crippen LogP contribution in [-0.2, 0) is 53.1 Å². The largest absolute Gasteiger partial charge is 2.00 e. The first-order valence-corrected chi connectivity index (χ1v) is 28.4. The van der Waals surface area contributed by atoms with Crippen molar-refractivity contribution in [3.8, 4) is 0 Å². The number of nitrogens with zero attached hydrogens (tertiary/aromatic N) is 8. The van der Waals surface area contributed by atoms with Gasteiger partial charge in [0.05, 0.1) is 102 Å². The van der Waals surface area contributed by atoms with Gasteiger partial charge in [0.15, 0.2) is 0 Å². The van der Waals surface area contributed by atoms with E-state index in [-0.39, 0.29) is 34.1 Å². The zero-order chi connectivity index (χ0) is 52.8. The summed E-state index contributed by atoms with van der Waals surface area (Å²) in [5.74, 6) is 8.53. The summed E-state index contributed by atoms with van der Waals surface area (Å²) in [6.07, 6.45) is 22.8. The van der Waals surface area contributed by atoms with Gasteiger partial charge in [0.1, 0.15) is 0 Å². The molecule has 0 N–H and O–H groups in total. The van der Waals surface area contributed by atoms with E-state index in [1.807, 2.05) is 44.3 Å². The topological polar surface area (TPSA) is 99.3 Å². The zero-order valence-corrected chi connectivity index (χ0v) is 49.3. The van der Waals surface area contributed by atoms with Crippen LogP contribution in [0.25, 0.3) is 0 Å². The summed E-state index contributed by atoms with van der Waals surface area (Å²) in [6.45, 7) is 16.5. The van der Waals surface area contributed by atoms with Crippen LogP contribution < -0.4 is 20.0 Å². The Balaban J connectivity index is 0.000000280. The van der Waals surface area contributed by atoms with Crippen molar-refractivity contribution < 1.29 is 53.1 Å². The molecule has 78 heavy (non-hydrogen) atoms. The van der Waals surface area contributed by atoms with E-state index in [0.29, 0.717) is 103 Å². The minimum atomic E-state index is 0. The van der Waals surface area contributed by atoms with Gasteiger partial charge in [-0.25, -0.2) is 0 Å². The van der Waals surface area contributed by atoms with E-state index in [0.717, 1.165) is 48.4 Å². The second-order valence-corrected chi connectivity index (χ2v) is 21.2. The van der Waals surface area contributed by atoms with Crippen molar-refractivity contribution in [3.05, 3.63) is 145 Å². The Hall–Kier alpha value is -4.36. The molecule has 4 aliphatic rings. The number of hydrogen-bond acceptors (Lipinski definition) is 12. The van der Waals surface area contributed by atoms with Crippen LogP contribution in [0.5, 0.6) is 0 Å². The minimum absolute atomic E-state index is 0. The molecule has 0 spiro atoms. The van der Waals surface area contributed by atoms with Gasteiger partial charge in [0.25, 0.3) is 0 Å². The van der Waals surface area contributed by atoms with Crippen LogP contribution in [0.4, 0.5) is 22.7 Å². The standard InChI is InChI=1S/2C32H44N4O2.2Fe/c2*1-27-13-15-29(23-27)25-33-35(31-9-5-3-6-10-31)17-19-37-21-22-38-20-18-36(32-11-7-4-8-12-32)34-26-30-16-14-28(2)24-30;;/h2*3-12,25-26,29-30H,13-24H2,1-2H3;;/q2*-2;2*+2. The molecule has 12 nitrogen and oxygen atoms in total. The third-order valence-electron chi connectivity index (χ3n) is 14.6. The molecule has 4 fully saturated rings. The van der Waals surface area contributed by atoms with E-state index in [4.69, 9.17) is 39.4 Å². The average molecular weight is 1150 g/mol. The van der Waals surface area contributed by atoms with Crippen molar-refractivity contribution in [3.63, 3.8) is 0 Å². The number of para-hydroxylation sites is 4. The van der Waals surface area contributed by atoms with Gasteiger partial charge in [0, 0.05) is 24.9 Å². The Morgan fingerprint density at radius 3 is 0.731 bits per heavy atom. The van der Waals surface area contributed by atoms with Crippen molar-refractivity contribution >= 4 is 47.6 Å². The van der Waals surface area contributed by atoms with Crippen LogP contribution in [0, 0.1) is 47.3 Å². The van der Waals surface area contributed by atoms with Gasteiger partial charge in [-0.2, -0.15) is 99.5 Å². The Bertz CT molecular complexity index is 1950. The maximum absolute atomic E-state index is 5.90. The van der Waals surface area contributed by atoms with Crippen molar-refractivity contribution in [1.29, 1.82) is 0 Å². The van der Waals surface area contributed by atoms with Gasteiger partial charge in [-0.1, -0.05) is 98.5 Å². The summed E-state index contributed by atoms with van der Waals surface area (Å²) in [7, 11) is 0. The van der Waals surface area contributed by atoms with Gasteiger partial charge < -0.3 is 42.6 Å². The first kappa shape index (κ1) is 64.5. The molecule has 4 aromatic rings. The maximum Gasteiger partial charge on any atom is 2.00 e. The fourth-order valence-corrected chi connectivity index (χ4v) is 10.2.